The van der Waals surface area contributed by atoms with Gasteiger partial charge in [0.1, 0.15) is 0 Å². The third-order valence-electron chi connectivity index (χ3n) is 1.45. The Bertz CT molecular complexity index is 325. The molecule has 4 nitrogen and oxygen atoms in total. The third-order valence-corrected chi connectivity index (χ3v) is 1.68. The van der Waals surface area contributed by atoms with E-state index in [0.717, 1.165) is 0 Å². The van der Waals surface area contributed by atoms with Crippen LogP contribution < -0.4 is 0 Å². The van der Waals surface area contributed by atoms with Gasteiger partial charge in [-0.3, -0.25) is 0 Å². The van der Waals surface area contributed by atoms with Crippen LogP contribution in [0.15, 0.2) is 23.5 Å². The van der Waals surface area contributed by atoms with E-state index in [2.05, 4.69) is 5.28 Å². The first-order valence-electron chi connectivity index (χ1n) is 3.23. The Hall–Kier alpha value is -1.29. The highest BCUT2D eigenvalue weighted by Crippen LogP contribution is 2.21. The fraction of sp³-hybridized carbons (Fsp3) is 0.143. The molecule has 5 heteroatoms. The number of halogens is 1. The van der Waals surface area contributed by atoms with Gasteiger partial charge in [0.05, 0.1) is 0 Å². The summed E-state index contributed by atoms with van der Waals surface area (Å²) in [7, 11) is 0. The SMILES string of the molecule is Cc1cc(Cl)ccc1[N+]([O-])=NO. The molecule has 1 aromatic carbocycles. The molecule has 0 heterocycles. The highest BCUT2D eigenvalue weighted by Gasteiger charge is 2.07. The van der Waals surface area contributed by atoms with Gasteiger partial charge in [0, 0.05) is 16.7 Å². The van der Waals surface area contributed by atoms with Gasteiger partial charge in [-0.15, -0.1) is 0 Å². The monoisotopic (exact) mass is 186 g/mol. The van der Waals surface area contributed by atoms with Crippen LogP contribution in [0.4, 0.5) is 5.69 Å². The topological polar surface area (TPSA) is 58.7 Å². The largest absolute Gasteiger partial charge is 0.592 e. The molecule has 0 unspecified atom stereocenters. The van der Waals surface area contributed by atoms with Crippen molar-refractivity contribution in [2.75, 3.05) is 0 Å². The van der Waals surface area contributed by atoms with Crippen LogP contribution in [0.1, 0.15) is 5.56 Å². The quantitative estimate of drug-likeness (QED) is 0.416. The van der Waals surface area contributed by atoms with Crippen molar-refractivity contribution in [2.45, 2.75) is 6.92 Å². The van der Waals surface area contributed by atoms with Gasteiger partial charge in [-0.25, -0.2) is 0 Å². The average molecular weight is 187 g/mol. The molecule has 0 radical (unpaired) electrons. The zero-order valence-corrected chi connectivity index (χ0v) is 7.12. The van der Waals surface area contributed by atoms with Crippen LogP contribution in [0.5, 0.6) is 0 Å². The van der Waals surface area contributed by atoms with Gasteiger partial charge in [-0.1, -0.05) is 11.6 Å². The molecular formula is C7H7ClN2O2. The van der Waals surface area contributed by atoms with Crippen LogP contribution in [-0.2, 0) is 0 Å². The zero-order chi connectivity index (χ0) is 9.14. The molecule has 0 aromatic heterocycles. The van der Waals surface area contributed by atoms with Crippen LogP contribution in [0.3, 0.4) is 0 Å². The van der Waals surface area contributed by atoms with Gasteiger partial charge in [0.2, 0.25) is 5.28 Å². The Labute approximate surface area is 74.3 Å². The number of hydrogen-bond acceptors (Lipinski definition) is 2. The summed E-state index contributed by atoms with van der Waals surface area (Å²) >= 11 is 5.65. The molecule has 1 rings (SSSR count). The first kappa shape index (κ1) is 8.80. The standard InChI is InChI=1S/C7H7ClN2O2/c1-5-4-6(8)2-3-7(5)10(12)9-11/h2-4,11H,1H3. The van der Waals surface area contributed by atoms with Gasteiger partial charge in [-0.2, -0.15) is 0 Å². The summed E-state index contributed by atoms with van der Waals surface area (Å²) in [6.07, 6.45) is 0. The Kier molecular flexibility index (Phi) is 2.50. The van der Waals surface area contributed by atoms with E-state index in [9.17, 15) is 5.21 Å². The molecule has 0 aliphatic heterocycles. The lowest BCUT2D eigenvalue weighted by atomic mass is 10.2. The second kappa shape index (κ2) is 3.40. The van der Waals surface area contributed by atoms with Crippen molar-refractivity contribution in [3.63, 3.8) is 0 Å². The van der Waals surface area contributed by atoms with E-state index in [0.29, 0.717) is 10.6 Å². The molecule has 0 amide bonds. The molecule has 0 atom stereocenters. The van der Waals surface area contributed by atoms with Crippen molar-refractivity contribution in [1.29, 1.82) is 0 Å². The lowest BCUT2D eigenvalue weighted by molar-refractivity contribution is -0.474. The summed E-state index contributed by atoms with van der Waals surface area (Å²) in [6.45, 7) is 1.71. The number of nitrogens with zero attached hydrogens (tertiary/aromatic N) is 2. The summed E-state index contributed by atoms with van der Waals surface area (Å²) < 4.78 is 0. The van der Waals surface area contributed by atoms with Gasteiger partial charge in [0.15, 0.2) is 0 Å². The van der Waals surface area contributed by atoms with E-state index < -0.39 is 0 Å². The maximum absolute atomic E-state index is 10.8. The predicted octanol–water partition coefficient (Wildman–Crippen LogP) is 2.63. The predicted molar refractivity (Wildman–Crippen MR) is 43.7 cm³/mol. The molecule has 0 spiro atoms. The third kappa shape index (κ3) is 1.65. The highest BCUT2D eigenvalue weighted by atomic mass is 35.5. The minimum Gasteiger partial charge on any atom is -0.592 e. The molecule has 0 saturated carbocycles. The fourth-order valence-corrected chi connectivity index (χ4v) is 1.11. The summed E-state index contributed by atoms with van der Waals surface area (Å²) in [4.78, 5) is 0.131. The second-order valence-electron chi connectivity index (χ2n) is 2.29. The smallest absolute Gasteiger partial charge is 0.251 e. The number of aryl methyl sites for hydroxylation is 1. The molecule has 0 saturated heterocycles. The molecule has 0 fully saturated rings. The highest BCUT2D eigenvalue weighted by molar-refractivity contribution is 6.30. The number of rotatable bonds is 1. The maximum Gasteiger partial charge on any atom is 0.251 e. The molecule has 1 aromatic rings. The van der Waals surface area contributed by atoms with Gasteiger partial charge in [-0.05, 0) is 23.9 Å². The van der Waals surface area contributed by atoms with E-state index in [-0.39, 0.29) is 10.5 Å². The first-order valence-corrected chi connectivity index (χ1v) is 3.61. The van der Waals surface area contributed by atoms with Crippen molar-refractivity contribution in [3.8, 4) is 0 Å². The van der Waals surface area contributed by atoms with Crippen LogP contribution in [0.25, 0.3) is 0 Å². The van der Waals surface area contributed by atoms with E-state index in [1.807, 2.05) is 0 Å². The molecule has 0 aliphatic carbocycles. The summed E-state index contributed by atoms with van der Waals surface area (Å²) in [6, 6.07) is 4.66. The van der Waals surface area contributed by atoms with Gasteiger partial charge in [0.25, 0.3) is 5.69 Å². The normalized spacial score (nSPS) is 11.7. The Morgan fingerprint density at radius 3 is 2.75 bits per heavy atom. The van der Waals surface area contributed by atoms with Crippen molar-refractivity contribution in [1.82, 2.24) is 0 Å². The lowest BCUT2D eigenvalue weighted by Gasteiger charge is -2.00. The van der Waals surface area contributed by atoms with E-state index in [1.165, 1.54) is 6.07 Å². The Morgan fingerprint density at radius 2 is 2.25 bits per heavy atom. The van der Waals surface area contributed by atoms with Gasteiger partial charge >= 0.3 is 0 Å². The van der Waals surface area contributed by atoms with Crippen LogP contribution >= 0.6 is 11.6 Å². The molecule has 0 bridgehead atoms. The van der Waals surface area contributed by atoms with Crippen LogP contribution in [0.2, 0.25) is 5.02 Å². The average Bonchev–Trinajstić information content (AvgIpc) is 2.03. The summed E-state index contributed by atoms with van der Waals surface area (Å²) in [5.74, 6) is 0. The molecular weight excluding hydrogens is 180 g/mol. The van der Waals surface area contributed by atoms with Crippen LogP contribution in [0, 0.1) is 12.1 Å². The van der Waals surface area contributed by atoms with Gasteiger partial charge < -0.3 is 10.4 Å². The molecule has 0 aliphatic rings. The van der Waals surface area contributed by atoms with E-state index in [4.69, 9.17) is 16.8 Å². The maximum atomic E-state index is 10.8. The Balaban J connectivity index is 3.18. The van der Waals surface area contributed by atoms with Crippen molar-refractivity contribution >= 4 is 17.3 Å². The Morgan fingerprint density at radius 1 is 1.58 bits per heavy atom. The van der Waals surface area contributed by atoms with E-state index >= 15 is 0 Å². The molecule has 1 N–H and O–H groups in total. The van der Waals surface area contributed by atoms with Crippen molar-refractivity contribution in [3.05, 3.63) is 34.0 Å². The van der Waals surface area contributed by atoms with E-state index in [1.54, 1.807) is 19.1 Å². The zero-order valence-electron chi connectivity index (χ0n) is 6.36. The van der Waals surface area contributed by atoms with Crippen molar-refractivity contribution in [2.24, 2.45) is 5.28 Å². The number of hydrogen-bond donors (Lipinski definition) is 1. The minimum atomic E-state index is 0.131. The van der Waals surface area contributed by atoms with Crippen molar-refractivity contribution < 1.29 is 10.1 Å². The molecule has 64 valence electrons. The minimum absolute atomic E-state index is 0.131. The molecule has 12 heavy (non-hydrogen) atoms. The summed E-state index contributed by atoms with van der Waals surface area (Å²) in [5.41, 5.74) is 0.942. The van der Waals surface area contributed by atoms with Crippen LogP contribution in [-0.4, -0.2) is 10.1 Å². The fourth-order valence-electron chi connectivity index (χ4n) is 0.882. The number of benzene rings is 1. The second-order valence-corrected chi connectivity index (χ2v) is 2.73. The summed E-state index contributed by atoms with van der Waals surface area (Å²) in [5, 5.41) is 22.0. The first-order chi connectivity index (χ1) is 5.65. The lowest BCUT2D eigenvalue weighted by Crippen LogP contribution is -1.92.